The summed E-state index contributed by atoms with van der Waals surface area (Å²) in [7, 11) is 0. The molecule has 0 unspecified atom stereocenters. The fraction of sp³-hybridized carbons (Fsp3) is 0.158. The lowest BCUT2D eigenvalue weighted by atomic mass is 10.2. The van der Waals surface area contributed by atoms with Crippen LogP contribution in [0.2, 0.25) is 5.02 Å². The number of aryl methyl sites for hydroxylation is 1. The van der Waals surface area contributed by atoms with Crippen molar-refractivity contribution < 1.29 is 9.59 Å². The summed E-state index contributed by atoms with van der Waals surface area (Å²) >= 11 is 7.01. The molecular weight excluding hydrogens is 384 g/mol. The summed E-state index contributed by atoms with van der Waals surface area (Å²) in [6.07, 6.45) is 1.63. The van der Waals surface area contributed by atoms with E-state index in [2.05, 4.69) is 20.8 Å². The van der Waals surface area contributed by atoms with Crippen molar-refractivity contribution in [3.8, 4) is 0 Å². The fourth-order valence-electron chi connectivity index (χ4n) is 2.38. The van der Waals surface area contributed by atoms with Gasteiger partial charge >= 0.3 is 0 Å². The molecule has 0 spiro atoms. The van der Waals surface area contributed by atoms with Crippen molar-refractivity contribution in [1.29, 1.82) is 0 Å². The SMILES string of the molecule is Cc1cccc(NC(=O)[C@@H]2CC(=O)NC(=NN=Cc3ccc(Cl)cc3)S2)c1. The van der Waals surface area contributed by atoms with Crippen LogP contribution in [0.5, 0.6) is 0 Å². The molecule has 1 fully saturated rings. The van der Waals surface area contributed by atoms with Gasteiger partial charge in [-0.25, -0.2) is 0 Å². The van der Waals surface area contributed by atoms with Crippen LogP contribution >= 0.6 is 23.4 Å². The molecule has 27 heavy (non-hydrogen) atoms. The highest BCUT2D eigenvalue weighted by atomic mass is 35.5. The van der Waals surface area contributed by atoms with Crippen molar-refractivity contribution >= 4 is 52.2 Å². The molecule has 1 aliphatic heterocycles. The number of carbonyl (C=O) groups excluding carboxylic acids is 2. The van der Waals surface area contributed by atoms with Crippen LogP contribution in [0.3, 0.4) is 0 Å². The summed E-state index contributed by atoms with van der Waals surface area (Å²) in [6.45, 7) is 1.95. The lowest BCUT2D eigenvalue weighted by molar-refractivity contribution is -0.123. The molecule has 8 heteroatoms. The monoisotopic (exact) mass is 400 g/mol. The third-order valence-electron chi connectivity index (χ3n) is 3.67. The highest BCUT2D eigenvalue weighted by molar-refractivity contribution is 8.15. The number of hydrogen-bond donors (Lipinski definition) is 2. The Labute approximate surface area is 166 Å². The van der Waals surface area contributed by atoms with Crippen LogP contribution in [0, 0.1) is 6.92 Å². The number of hydrogen-bond acceptors (Lipinski definition) is 5. The number of thioether (sulfide) groups is 1. The van der Waals surface area contributed by atoms with Crippen molar-refractivity contribution in [2.75, 3.05) is 5.32 Å². The Morgan fingerprint density at radius 1 is 1.30 bits per heavy atom. The third kappa shape index (κ3) is 5.67. The number of amides is 2. The van der Waals surface area contributed by atoms with Gasteiger partial charge in [-0.2, -0.15) is 5.10 Å². The Bertz CT molecular complexity index is 912. The maximum Gasteiger partial charge on any atom is 0.238 e. The zero-order valence-electron chi connectivity index (χ0n) is 14.5. The number of nitrogens with zero attached hydrogens (tertiary/aromatic N) is 2. The summed E-state index contributed by atoms with van der Waals surface area (Å²) in [6, 6.07) is 14.6. The van der Waals surface area contributed by atoms with Crippen molar-refractivity contribution in [3.63, 3.8) is 0 Å². The quantitative estimate of drug-likeness (QED) is 0.607. The molecule has 0 radical (unpaired) electrons. The summed E-state index contributed by atoms with van der Waals surface area (Å²) in [5.41, 5.74) is 2.57. The molecular formula is C19H17ClN4O2S. The van der Waals surface area contributed by atoms with Gasteiger partial charge in [-0.05, 0) is 42.3 Å². The minimum atomic E-state index is -0.566. The van der Waals surface area contributed by atoms with Gasteiger partial charge in [0.15, 0.2) is 5.17 Å². The van der Waals surface area contributed by atoms with Gasteiger partial charge in [0.05, 0.1) is 6.21 Å². The Kier molecular flexibility index (Phi) is 6.26. The zero-order valence-corrected chi connectivity index (χ0v) is 16.1. The minimum absolute atomic E-state index is 0.0855. The molecule has 2 aromatic rings. The highest BCUT2D eigenvalue weighted by Gasteiger charge is 2.30. The number of carbonyl (C=O) groups is 2. The Hall–Kier alpha value is -2.64. The highest BCUT2D eigenvalue weighted by Crippen LogP contribution is 2.22. The third-order valence-corrected chi connectivity index (χ3v) is 5.00. The summed E-state index contributed by atoms with van der Waals surface area (Å²) in [4.78, 5) is 24.4. The van der Waals surface area contributed by atoms with Gasteiger partial charge in [-0.3, -0.25) is 9.59 Å². The van der Waals surface area contributed by atoms with E-state index < -0.39 is 5.25 Å². The van der Waals surface area contributed by atoms with E-state index in [0.29, 0.717) is 15.9 Å². The second-order valence-electron chi connectivity index (χ2n) is 5.92. The second kappa shape index (κ2) is 8.83. The molecule has 2 aromatic carbocycles. The zero-order chi connectivity index (χ0) is 19.2. The molecule has 3 rings (SSSR count). The fourth-order valence-corrected chi connectivity index (χ4v) is 3.44. The van der Waals surface area contributed by atoms with Gasteiger partial charge in [-0.1, -0.05) is 47.6 Å². The summed E-state index contributed by atoms with van der Waals surface area (Å²) in [5, 5.41) is 13.8. The number of amidine groups is 1. The predicted molar refractivity (Wildman–Crippen MR) is 110 cm³/mol. The Morgan fingerprint density at radius 3 is 2.81 bits per heavy atom. The average molecular weight is 401 g/mol. The van der Waals surface area contributed by atoms with E-state index >= 15 is 0 Å². The van der Waals surface area contributed by atoms with Crippen molar-refractivity contribution in [1.82, 2.24) is 5.32 Å². The predicted octanol–water partition coefficient (Wildman–Crippen LogP) is 3.60. The van der Waals surface area contributed by atoms with Crippen molar-refractivity contribution in [2.24, 2.45) is 10.2 Å². The van der Waals surface area contributed by atoms with Crippen molar-refractivity contribution in [2.45, 2.75) is 18.6 Å². The number of nitrogens with one attached hydrogen (secondary N) is 2. The lowest BCUT2D eigenvalue weighted by Crippen LogP contribution is -2.41. The first-order valence-corrected chi connectivity index (χ1v) is 9.46. The standard InChI is InChI=1S/C19H17ClN4O2S/c1-12-3-2-4-15(9-12)22-18(26)16-10-17(25)23-19(27-16)24-21-11-13-5-7-14(20)8-6-13/h2-9,11,16H,10H2,1H3,(H,22,26)(H,23,24,25)/t16-/m0/s1. The second-order valence-corrected chi connectivity index (χ2v) is 7.55. The van der Waals surface area contributed by atoms with Gasteiger partial charge in [0, 0.05) is 17.1 Å². The van der Waals surface area contributed by atoms with E-state index in [-0.39, 0.29) is 18.2 Å². The summed E-state index contributed by atoms with van der Waals surface area (Å²) < 4.78 is 0. The first-order valence-electron chi connectivity index (χ1n) is 8.20. The van der Waals surface area contributed by atoms with Crippen LogP contribution < -0.4 is 10.6 Å². The molecule has 0 saturated carbocycles. The first-order chi connectivity index (χ1) is 13.0. The first kappa shape index (κ1) is 19.1. The molecule has 1 heterocycles. The van der Waals surface area contributed by atoms with Crippen LogP contribution in [0.1, 0.15) is 17.5 Å². The average Bonchev–Trinajstić information content (AvgIpc) is 2.63. The normalized spacial score (nSPS) is 18.5. The molecule has 0 aromatic heterocycles. The van der Waals surface area contributed by atoms with Crippen LogP contribution in [-0.2, 0) is 9.59 Å². The number of rotatable bonds is 4. The molecule has 138 valence electrons. The maximum atomic E-state index is 12.5. The van der Waals surface area contributed by atoms with Gasteiger partial charge in [0.2, 0.25) is 11.8 Å². The van der Waals surface area contributed by atoms with Gasteiger partial charge in [-0.15, -0.1) is 5.10 Å². The van der Waals surface area contributed by atoms with Gasteiger partial charge in [0.1, 0.15) is 5.25 Å². The minimum Gasteiger partial charge on any atom is -0.325 e. The van der Waals surface area contributed by atoms with E-state index in [4.69, 9.17) is 11.6 Å². The molecule has 0 aliphatic carbocycles. The van der Waals surface area contributed by atoms with Crippen LogP contribution in [-0.4, -0.2) is 28.4 Å². The molecule has 2 N–H and O–H groups in total. The van der Waals surface area contributed by atoms with E-state index in [0.717, 1.165) is 11.1 Å². The van der Waals surface area contributed by atoms with E-state index in [1.54, 1.807) is 30.5 Å². The largest absolute Gasteiger partial charge is 0.325 e. The molecule has 0 bridgehead atoms. The molecule has 6 nitrogen and oxygen atoms in total. The van der Waals surface area contributed by atoms with Crippen LogP contribution in [0.25, 0.3) is 0 Å². The van der Waals surface area contributed by atoms with E-state index in [1.807, 2.05) is 31.2 Å². The summed E-state index contributed by atoms with van der Waals surface area (Å²) in [5.74, 6) is -0.506. The maximum absolute atomic E-state index is 12.5. The van der Waals surface area contributed by atoms with Gasteiger partial charge < -0.3 is 10.6 Å². The molecule has 1 saturated heterocycles. The lowest BCUT2D eigenvalue weighted by Gasteiger charge is -2.21. The Balaban J connectivity index is 1.65. The Morgan fingerprint density at radius 2 is 2.07 bits per heavy atom. The number of anilines is 1. The van der Waals surface area contributed by atoms with Crippen LogP contribution in [0.4, 0.5) is 5.69 Å². The van der Waals surface area contributed by atoms with E-state index in [1.165, 1.54) is 11.8 Å². The van der Waals surface area contributed by atoms with E-state index in [9.17, 15) is 9.59 Å². The van der Waals surface area contributed by atoms with Crippen LogP contribution in [0.15, 0.2) is 58.7 Å². The number of benzene rings is 2. The van der Waals surface area contributed by atoms with Gasteiger partial charge in [0.25, 0.3) is 0 Å². The molecule has 1 aliphatic rings. The topological polar surface area (TPSA) is 82.9 Å². The molecule has 2 amide bonds. The number of halogens is 1. The smallest absolute Gasteiger partial charge is 0.238 e. The van der Waals surface area contributed by atoms with Crippen molar-refractivity contribution in [3.05, 3.63) is 64.7 Å². The molecule has 1 atom stereocenters.